The molecule has 0 spiro atoms. The highest BCUT2D eigenvalue weighted by Gasteiger charge is 2.51. The molecular formula is C28H52O4Si. The molecule has 2 aliphatic carbocycles. The van der Waals surface area contributed by atoms with E-state index in [4.69, 9.17) is 18.6 Å². The number of hydrogen-bond donors (Lipinski definition) is 0. The Kier molecular flexibility index (Phi) is 10.5. The van der Waals surface area contributed by atoms with Gasteiger partial charge in [0, 0.05) is 25.0 Å². The predicted octanol–water partition coefficient (Wildman–Crippen LogP) is 6.89. The third-order valence-corrected chi connectivity index (χ3v) is 12.6. The van der Waals surface area contributed by atoms with E-state index in [0.29, 0.717) is 49.8 Å². The zero-order valence-electron chi connectivity index (χ0n) is 23.3. The van der Waals surface area contributed by atoms with Crippen molar-refractivity contribution in [3.05, 3.63) is 0 Å². The molecule has 0 bridgehead atoms. The maximum atomic E-state index is 7.10. The third-order valence-electron chi connectivity index (χ3n) is 8.13. The van der Waals surface area contributed by atoms with E-state index in [1.807, 2.05) is 0 Å². The summed E-state index contributed by atoms with van der Waals surface area (Å²) in [4.78, 5) is 0. The van der Waals surface area contributed by atoms with Crippen molar-refractivity contribution in [1.29, 1.82) is 0 Å². The lowest BCUT2D eigenvalue weighted by Gasteiger charge is -2.47. The van der Waals surface area contributed by atoms with Gasteiger partial charge >= 0.3 is 0 Å². The first-order valence-electron chi connectivity index (χ1n) is 13.1. The lowest BCUT2D eigenvalue weighted by molar-refractivity contribution is -0.142. The fraction of sp³-hybridized carbons (Fsp3) is 0.929. The number of hydrogen-bond acceptors (Lipinski definition) is 4. The molecule has 0 radical (unpaired) electrons. The normalized spacial score (nSPS) is 29.3. The Morgan fingerprint density at radius 2 is 1.61 bits per heavy atom. The van der Waals surface area contributed by atoms with Gasteiger partial charge in [-0.15, -0.1) is 5.92 Å². The molecule has 0 aromatic rings. The summed E-state index contributed by atoms with van der Waals surface area (Å²) in [5.74, 6) is 9.30. The van der Waals surface area contributed by atoms with E-state index in [9.17, 15) is 0 Å². The van der Waals surface area contributed by atoms with Crippen LogP contribution in [-0.4, -0.2) is 47.6 Å². The average molecular weight is 481 g/mol. The minimum atomic E-state index is -1.84. The molecule has 6 atom stereocenters. The Hall–Kier alpha value is -0.383. The summed E-state index contributed by atoms with van der Waals surface area (Å²) in [7, 11) is -0.138. The van der Waals surface area contributed by atoms with Gasteiger partial charge in [0.1, 0.15) is 6.79 Å². The number of rotatable bonds is 10. The summed E-state index contributed by atoms with van der Waals surface area (Å²) in [6.45, 7) is 22.4. The Balaban J connectivity index is 2.15. The van der Waals surface area contributed by atoms with E-state index in [1.165, 1.54) is 12.8 Å². The van der Waals surface area contributed by atoms with E-state index >= 15 is 0 Å². The van der Waals surface area contributed by atoms with Crippen molar-refractivity contribution in [2.45, 2.75) is 111 Å². The molecule has 0 heterocycles. The molecule has 33 heavy (non-hydrogen) atoms. The van der Waals surface area contributed by atoms with Crippen LogP contribution in [0.5, 0.6) is 0 Å². The maximum absolute atomic E-state index is 7.10. The fourth-order valence-corrected chi connectivity index (χ4v) is 6.72. The van der Waals surface area contributed by atoms with Crippen molar-refractivity contribution >= 4 is 8.32 Å². The van der Waals surface area contributed by atoms with E-state index in [1.54, 1.807) is 7.11 Å². The van der Waals surface area contributed by atoms with Gasteiger partial charge in [0.25, 0.3) is 0 Å². The monoisotopic (exact) mass is 480 g/mol. The smallest absolute Gasteiger partial charge is 0.192 e. The molecule has 2 saturated carbocycles. The van der Waals surface area contributed by atoms with Gasteiger partial charge in [-0.2, -0.15) is 0 Å². The van der Waals surface area contributed by atoms with Crippen molar-refractivity contribution in [2.24, 2.45) is 29.1 Å². The van der Waals surface area contributed by atoms with Gasteiger partial charge in [-0.05, 0) is 88.3 Å². The number of methoxy groups -OCH3 is 1. The molecule has 5 heteroatoms. The summed E-state index contributed by atoms with van der Waals surface area (Å²) in [5.41, 5.74) is 0.0680. The zero-order valence-corrected chi connectivity index (χ0v) is 24.3. The second kappa shape index (κ2) is 12.0. The molecule has 192 valence electrons. The zero-order chi connectivity index (χ0) is 24.9. The van der Waals surface area contributed by atoms with E-state index in [-0.39, 0.29) is 16.6 Å². The molecule has 2 fully saturated rings. The number of ether oxygens (including phenoxy) is 3. The number of fused-ring (bicyclic) bond motifs is 1. The van der Waals surface area contributed by atoms with E-state index in [0.717, 1.165) is 19.3 Å². The van der Waals surface area contributed by atoms with E-state index < -0.39 is 8.32 Å². The molecule has 0 aromatic carbocycles. The first-order valence-corrected chi connectivity index (χ1v) is 16.0. The van der Waals surface area contributed by atoms with Crippen molar-refractivity contribution in [1.82, 2.24) is 0 Å². The van der Waals surface area contributed by atoms with Gasteiger partial charge < -0.3 is 18.6 Å². The predicted molar refractivity (Wildman–Crippen MR) is 140 cm³/mol. The minimum Gasteiger partial charge on any atom is -0.414 e. The van der Waals surface area contributed by atoms with Crippen molar-refractivity contribution < 1.29 is 18.6 Å². The van der Waals surface area contributed by atoms with Gasteiger partial charge in [-0.1, -0.05) is 33.6 Å². The largest absolute Gasteiger partial charge is 0.414 e. The van der Waals surface area contributed by atoms with Crippen LogP contribution in [0.3, 0.4) is 0 Å². The molecule has 0 amide bonds. The van der Waals surface area contributed by atoms with Gasteiger partial charge in [0.15, 0.2) is 8.32 Å². The molecular weight excluding hydrogens is 428 g/mol. The Bertz CT molecular complexity index is 652. The summed E-state index contributed by atoms with van der Waals surface area (Å²) in [6, 6.07) is 0. The Morgan fingerprint density at radius 3 is 2.21 bits per heavy atom. The third kappa shape index (κ3) is 8.35. The summed E-state index contributed by atoms with van der Waals surface area (Å²) < 4.78 is 24.1. The van der Waals surface area contributed by atoms with Gasteiger partial charge in [0.05, 0.1) is 19.3 Å². The molecule has 0 aliphatic heterocycles. The summed E-state index contributed by atoms with van der Waals surface area (Å²) >= 11 is 0. The van der Waals surface area contributed by atoms with E-state index in [2.05, 4.69) is 73.4 Å². The van der Waals surface area contributed by atoms with Crippen LogP contribution < -0.4 is 0 Å². The van der Waals surface area contributed by atoms with Crippen LogP contribution in [0.15, 0.2) is 0 Å². The van der Waals surface area contributed by atoms with Gasteiger partial charge in [-0.25, -0.2) is 0 Å². The fourth-order valence-electron chi connectivity index (χ4n) is 5.34. The topological polar surface area (TPSA) is 36.9 Å². The second-order valence-corrected chi connectivity index (χ2v) is 17.7. The summed E-state index contributed by atoms with van der Waals surface area (Å²) in [5, 5.41) is 0.225. The minimum absolute atomic E-state index is 0.0680. The molecule has 4 nitrogen and oxygen atoms in total. The molecule has 0 N–H and O–H groups in total. The SMILES string of the molecule is COCCOCO[C@@H]1CC[C@H](O[Si](C)(C)C(C)(C)C)[C@H]2[C@H]1CC[C@@H]2[C@H](C)CC#CC(C)(C)C. The summed E-state index contributed by atoms with van der Waals surface area (Å²) in [6.07, 6.45) is 6.24. The van der Waals surface area contributed by atoms with Crippen LogP contribution in [0.1, 0.15) is 80.6 Å². The second-order valence-electron chi connectivity index (χ2n) is 12.9. The van der Waals surface area contributed by atoms with Gasteiger partial charge in [0.2, 0.25) is 0 Å². The standard InChI is InChI=1S/C28H52O4Si/c1-21(12-11-17-27(2,3)4)22-13-14-23-24(31-20-30-19-18-29-8)15-16-25(26(22)23)32-33(9,10)28(5,6)7/h21-26H,12-16,18-20H2,1-10H3/t21-,22-,23+,24-,25+,26-/m1/s1. The van der Waals surface area contributed by atoms with Crippen LogP contribution in [0.2, 0.25) is 18.1 Å². The quantitative estimate of drug-likeness (QED) is 0.148. The van der Waals surface area contributed by atoms with Crippen molar-refractivity contribution in [3.8, 4) is 11.8 Å². The van der Waals surface area contributed by atoms with Crippen molar-refractivity contribution in [3.63, 3.8) is 0 Å². The molecule has 2 rings (SSSR count). The first kappa shape index (κ1) is 28.9. The van der Waals surface area contributed by atoms with Crippen LogP contribution in [0.4, 0.5) is 0 Å². The van der Waals surface area contributed by atoms with Crippen LogP contribution in [0.25, 0.3) is 0 Å². The highest BCUT2D eigenvalue weighted by Crippen LogP contribution is 2.52. The Morgan fingerprint density at radius 1 is 0.939 bits per heavy atom. The van der Waals surface area contributed by atoms with Crippen molar-refractivity contribution in [2.75, 3.05) is 27.1 Å². The highest BCUT2D eigenvalue weighted by atomic mass is 28.4. The molecule has 2 aliphatic rings. The lowest BCUT2D eigenvalue weighted by Crippen LogP contribution is -2.51. The van der Waals surface area contributed by atoms with Crippen LogP contribution >= 0.6 is 0 Å². The Labute approximate surface area is 206 Å². The maximum Gasteiger partial charge on any atom is 0.192 e. The molecule has 0 saturated heterocycles. The molecule has 0 unspecified atom stereocenters. The average Bonchev–Trinajstić information content (AvgIpc) is 3.13. The molecule has 0 aromatic heterocycles. The van der Waals surface area contributed by atoms with Crippen LogP contribution in [0, 0.1) is 40.9 Å². The first-order chi connectivity index (χ1) is 15.3. The highest BCUT2D eigenvalue weighted by molar-refractivity contribution is 6.74. The lowest BCUT2D eigenvalue weighted by atomic mass is 9.71. The van der Waals surface area contributed by atoms with Gasteiger partial charge in [-0.3, -0.25) is 0 Å². The van der Waals surface area contributed by atoms with Crippen LogP contribution in [-0.2, 0) is 18.6 Å².